The first-order valence-corrected chi connectivity index (χ1v) is 21.9. The Labute approximate surface area is 372 Å². The zero-order valence-corrected chi connectivity index (χ0v) is 34.8. The van der Waals surface area contributed by atoms with Crippen LogP contribution in [0.2, 0.25) is 0 Å². The minimum atomic E-state index is -0.479. The van der Waals surface area contributed by atoms with Crippen LogP contribution in [-0.2, 0) is 5.41 Å². The number of hydrogen-bond donors (Lipinski definition) is 0. The average Bonchev–Trinajstić information content (AvgIpc) is 3.84. The predicted octanol–water partition coefficient (Wildman–Crippen LogP) is 16.4. The van der Waals surface area contributed by atoms with Gasteiger partial charge in [0.1, 0.15) is 0 Å². The summed E-state index contributed by atoms with van der Waals surface area (Å²) in [6.07, 6.45) is 0. The van der Waals surface area contributed by atoms with E-state index in [-0.39, 0.29) is 0 Å². The number of ether oxygens (including phenoxy) is 2. The van der Waals surface area contributed by atoms with E-state index >= 15 is 0 Å². The summed E-state index contributed by atoms with van der Waals surface area (Å²) in [6, 6.07) is 84.8. The standard InChI is InChI=1S/C61H39NO2/c1-3-15-40(16-4-1)42-29-31-43(32-30-42)45-20-14-22-47(38-45)62(46-21-13-19-44(37-46)41-17-5-2-6-18-41)48-33-35-56-58(39-48)64-60-57(63-56)36-34-55-59(60)51-25-9-12-28-54(51)61(55)52-26-10-7-23-49(52)50-24-8-11-27-53(50)61/h1-39H. The highest BCUT2D eigenvalue weighted by atomic mass is 16.6. The van der Waals surface area contributed by atoms with Gasteiger partial charge in [-0.2, -0.15) is 0 Å². The van der Waals surface area contributed by atoms with Crippen LogP contribution in [0.1, 0.15) is 22.3 Å². The third-order valence-electron chi connectivity index (χ3n) is 13.3. The lowest BCUT2D eigenvalue weighted by molar-refractivity contribution is 0.360. The van der Waals surface area contributed by atoms with Crippen LogP contribution in [0.5, 0.6) is 23.0 Å². The molecule has 1 aliphatic heterocycles. The Morgan fingerprint density at radius 3 is 1.34 bits per heavy atom. The molecule has 2 aliphatic carbocycles. The number of anilines is 3. The van der Waals surface area contributed by atoms with E-state index in [0.29, 0.717) is 17.2 Å². The van der Waals surface area contributed by atoms with Crippen molar-refractivity contribution in [1.29, 1.82) is 0 Å². The summed E-state index contributed by atoms with van der Waals surface area (Å²) in [6.45, 7) is 0. The summed E-state index contributed by atoms with van der Waals surface area (Å²) in [4.78, 5) is 2.32. The molecule has 0 bridgehead atoms. The van der Waals surface area contributed by atoms with Gasteiger partial charge in [-0.05, 0) is 115 Å². The summed E-state index contributed by atoms with van der Waals surface area (Å²) in [5, 5.41) is 0. The molecule has 0 unspecified atom stereocenters. The van der Waals surface area contributed by atoms with Crippen LogP contribution in [0.15, 0.2) is 237 Å². The monoisotopic (exact) mass is 817 g/mol. The van der Waals surface area contributed by atoms with Crippen molar-refractivity contribution in [3.05, 3.63) is 259 Å². The molecule has 64 heavy (non-hydrogen) atoms. The van der Waals surface area contributed by atoms with E-state index < -0.39 is 5.41 Å². The van der Waals surface area contributed by atoms with Crippen LogP contribution in [0.25, 0.3) is 55.6 Å². The first-order valence-electron chi connectivity index (χ1n) is 21.9. The molecular weight excluding hydrogens is 779 g/mol. The molecule has 3 nitrogen and oxygen atoms in total. The summed E-state index contributed by atoms with van der Waals surface area (Å²) >= 11 is 0. The fourth-order valence-corrected chi connectivity index (χ4v) is 10.6. The zero-order chi connectivity index (χ0) is 42.2. The molecule has 0 amide bonds. The summed E-state index contributed by atoms with van der Waals surface area (Å²) in [7, 11) is 0. The zero-order valence-electron chi connectivity index (χ0n) is 34.8. The van der Waals surface area contributed by atoms with Gasteiger partial charge < -0.3 is 14.4 Å². The molecule has 0 atom stereocenters. The molecule has 3 aliphatic rings. The Hall–Kier alpha value is -8.40. The number of fused-ring (bicyclic) bond motifs is 13. The SMILES string of the molecule is c1ccc(-c2ccc(-c3cccc(N(c4cccc(-c5ccccc5)c4)c4ccc5c(c4)Oc4c(ccc6c4-c4ccccc4C64c6ccccc6-c6ccccc64)O5)c3)cc2)cc1. The fourth-order valence-electron chi connectivity index (χ4n) is 10.6. The normalized spacial score (nSPS) is 13.1. The van der Waals surface area contributed by atoms with Gasteiger partial charge in [-0.15, -0.1) is 0 Å². The van der Waals surface area contributed by atoms with Gasteiger partial charge in [-0.3, -0.25) is 0 Å². The third-order valence-corrected chi connectivity index (χ3v) is 13.3. The van der Waals surface area contributed by atoms with Crippen molar-refractivity contribution in [2.45, 2.75) is 5.41 Å². The maximum absolute atomic E-state index is 7.20. The summed E-state index contributed by atoms with van der Waals surface area (Å²) in [5.41, 5.74) is 19.4. The van der Waals surface area contributed by atoms with Crippen LogP contribution in [0.4, 0.5) is 17.1 Å². The quantitative estimate of drug-likeness (QED) is 0.167. The van der Waals surface area contributed by atoms with Crippen molar-refractivity contribution >= 4 is 17.1 Å². The largest absolute Gasteiger partial charge is 0.449 e. The van der Waals surface area contributed by atoms with Gasteiger partial charge in [0, 0.05) is 23.0 Å². The maximum Gasteiger partial charge on any atom is 0.178 e. The molecule has 13 rings (SSSR count). The molecule has 1 heterocycles. The van der Waals surface area contributed by atoms with Crippen LogP contribution < -0.4 is 14.4 Å². The Morgan fingerprint density at radius 1 is 0.281 bits per heavy atom. The molecule has 300 valence electrons. The van der Waals surface area contributed by atoms with E-state index in [0.717, 1.165) is 56.2 Å². The van der Waals surface area contributed by atoms with Crippen molar-refractivity contribution in [3.8, 4) is 78.6 Å². The second kappa shape index (κ2) is 14.3. The minimum Gasteiger partial charge on any atom is -0.449 e. The second-order valence-electron chi connectivity index (χ2n) is 16.8. The Kier molecular flexibility index (Phi) is 8.13. The molecule has 10 aromatic rings. The summed E-state index contributed by atoms with van der Waals surface area (Å²) < 4.78 is 14.0. The molecule has 0 saturated heterocycles. The Bertz CT molecular complexity index is 3400. The van der Waals surface area contributed by atoms with Crippen molar-refractivity contribution in [1.82, 2.24) is 0 Å². The predicted molar refractivity (Wildman–Crippen MR) is 260 cm³/mol. The van der Waals surface area contributed by atoms with Crippen LogP contribution >= 0.6 is 0 Å². The fraction of sp³-hybridized carbons (Fsp3) is 0.0164. The number of rotatable bonds is 6. The van der Waals surface area contributed by atoms with Gasteiger partial charge >= 0.3 is 0 Å². The van der Waals surface area contributed by atoms with Crippen LogP contribution in [0, 0.1) is 0 Å². The molecule has 3 heteroatoms. The van der Waals surface area contributed by atoms with Gasteiger partial charge in [-0.1, -0.05) is 188 Å². The minimum absolute atomic E-state index is 0.479. The molecule has 0 fully saturated rings. The van der Waals surface area contributed by atoms with E-state index in [1.807, 2.05) is 6.07 Å². The van der Waals surface area contributed by atoms with Gasteiger partial charge in [0.15, 0.2) is 23.0 Å². The maximum atomic E-state index is 7.20. The number of hydrogen-bond acceptors (Lipinski definition) is 3. The van der Waals surface area contributed by atoms with Gasteiger partial charge in [0.2, 0.25) is 0 Å². The van der Waals surface area contributed by atoms with Crippen molar-refractivity contribution in [3.63, 3.8) is 0 Å². The smallest absolute Gasteiger partial charge is 0.178 e. The van der Waals surface area contributed by atoms with E-state index in [1.165, 1.54) is 44.5 Å². The van der Waals surface area contributed by atoms with Crippen molar-refractivity contribution < 1.29 is 9.47 Å². The number of nitrogens with zero attached hydrogens (tertiary/aromatic N) is 1. The lowest BCUT2D eigenvalue weighted by Gasteiger charge is -2.31. The molecule has 0 radical (unpaired) electrons. The topological polar surface area (TPSA) is 21.7 Å². The third kappa shape index (κ3) is 5.47. The Balaban J connectivity index is 0.942. The highest BCUT2D eigenvalue weighted by Crippen LogP contribution is 2.66. The molecule has 0 aromatic heterocycles. The van der Waals surface area contributed by atoms with Gasteiger partial charge in [0.25, 0.3) is 0 Å². The molecular formula is C61H39NO2. The number of benzene rings is 10. The highest BCUT2D eigenvalue weighted by Gasteiger charge is 2.53. The molecule has 0 saturated carbocycles. The van der Waals surface area contributed by atoms with E-state index in [4.69, 9.17) is 9.47 Å². The Morgan fingerprint density at radius 2 is 0.734 bits per heavy atom. The van der Waals surface area contributed by atoms with Crippen LogP contribution in [-0.4, -0.2) is 0 Å². The van der Waals surface area contributed by atoms with E-state index in [2.05, 4.69) is 235 Å². The van der Waals surface area contributed by atoms with Crippen molar-refractivity contribution in [2.24, 2.45) is 0 Å². The molecule has 0 N–H and O–H groups in total. The molecule has 1 spiro atoms. The van der Waals surface area contributed by atoms with Crippen LogP contribution in [0.3, 0.4) is 0 Å². The van der Waals surface area contributed by atoms with E-state index in [1.54, 1.807) is 0 Å². The second-order valence-corrected chi connectivity index (χ2v) is 16.8. The van der Waals surface area contributed by atoms with E-state index in [9.17, 15) is 0 Å². The lowest BCUT2D eigenvalue weighted by Crippen LogP contribution is -2.25. The van der Waals surface area contributed by atoms with Gasteiger partial charge in [-0.25, -0.2) is 0 Å². The first kappa shape index (κ1) is 36.3. The highest BCUT2D eigenvalue weighted by molar-refractivity contribution is 5.98. The van der Waals surface area contributed by atoms with Crippen molar-refractivity contribution in [2.75, 3.05) is 4.90 Å². The first-order chi connectivity index (χ1) is 31.7. The van der Waals surface area contributed by atoms with Gasteiger partial charge in [0.05, 0.1) is 11.1 Å². The average molecular weight is 818 g/mol. The lowest BCUT2D eigenvalue weighted by atomic mass is 9.70. The summed E-state index contributed by atoms with van der Waals surface area (Å²) in [5.74, 6) is 2.80. The molecule has 10 aromatic carbocycles.